The third-order valence-electron chi connectivity index (χ3n) is 2.17. The summed E-state index contributed by atoms with van der Waals surface area (Å²) in [5.74, 6) is 0.599. The van der Waals surface area contributed by atoms with E-state index in [2.05, 4.69) is 20.6 Å². The highest BCUT2D eigenvalue weighted by Gasteiger charge is 2.20. The number of nitrogen functional groups attached to an aromatic ring is 1. The number of nitrogens with zero attached hydrogens (tertiary/aromatic N) is 1. The molecule has 0 spiro atoms. The zero-order chi connectivity index (χ0) is 10.8. The number of aromatic amines is 1. The number of methoxy groups -OCH3 is 1. The van der Waals surface area contributed by atoms with E-state index < -0.39 is 0 Å². The van der Waals surface area contributed by atoms with Gasteiger partial charge in [0.2, 0.25) is 5.95 Å². The molecule has 0 fully saturated rings. The Hall–Kier alpha value is -1.76. The highest BCUT2D eigenvalue weighted by molar-refractivity contribution is 5.67. The number of fused-ring (bicyclic) bond motifs is 1. The summed E-state index contributed by atoms with van der Waals surface area (Å²) in [4.78, 5) is 17.9. The van der Waals surface area contributed by atoms with E-state index in [1.807, 2.05) is 0 Å². The van der Waals surface area contributed by atoms with Crippen molar-refractivity contribution >= 4 is 17.5 Å². The summed E-state index contributed by atoms with van der Waals surface area (Å²) in [5, 5.41) is 6.07. The number of rotatable bonds is 2. The van der Waals surface area contributed by atoms with Gasteiger partial charge in [-0.15, -0.1) is 0 Å². The lowest BCUT2D eigenvalue weighted by molar-refractivity contribution is 0.188. The summed E-state index contributed by atoms with van der Waals surface area (Å²) < 4.78 is 5.00. The first-order valence-electron chi connectivity index (χ1n) is 4.60. The molecule has 15 heavy (non-hydrogen) atoms. The molecule has 0 aromatic carbocycles. The van der Waals surface area contributed by atoms with Gasteiger partial charge in [-0.05, 0) is 0 Å². The molecule has 1 unspecified atom stereocenters. The molecule has 1 atom stereocenters. The minimum atomic E-state index is -0.272. The van der Waals surface area contributed by atoms with E-state index in [0.717, 1.165) is 0 Å². The Kier molecular flexibility index (Phi) is 2.46. The first-order chi connectivity index (χ1) is 7.20. The molecule has 1 aromatic heterocycles. The Balaban J connectivity index is 2.29. The Morgan fingerprint density at radius 2 is 2.47 bits per heavy atom. The van der Waals surface area contributed by atoms with Gasteiger partial charge in [-0.1, -0.05) is 0 Å². The zero-order valence-corrected chi connectivity index (χ0v) is 8.33. The second kappa shape index (κ2) is 3.77. The fourth-order valence-corrected chi connectivity index (χ4v) is 1.53. The van der Waals surface area contributed by atoms with Crippen LogP contribution in [0.4, 0.5) is 17.5 Å². The molecule has 1 aliphatic heterocycles. The fourth-order valence-electron chi connectivity index (χ4n) is 1.53. The van der Waals surface area contributed by atoms with Crippen molar-refractivity contribution in [3.05, 3.63) is 10.4 Å². The van der Waals surface area contributed by atoms with Crippen LogP contribution in [0.3, 0.4) is 0 Å². The largest absolute Gasteiger partial charge is 0.382 e. The van der Waals surface area contributed by atoms with Crippen molar-refractivity contribution in [1.82, 2.24) is 9.97 Å². The molecule has 1 aromatic rings. The summed E-state index contributed by atoms with van der Waals surface area (Å²) in [6.07, 6.45) is 0. The molecule has 1 aliphatic rings. The van der Waals surface area contributed by atoms with Gasteiger partial charge in [-0.25, -0.2) is 0 Å². The summed E-state index contributed by atoms with van der Waals surface area (Å²) in [5.41, 5.74) is 5.56. The molecular formula is C8H13N5O2. The maximum atomic E-state index is 11.5. The van der Waals surface area contributed by atoms with Crippen molar-refractivity contribution in [3.8, 4) is 0 Å². The number of aromatic nitrogens is 2. The minimum absolute atomic E-state index is 0.0639. The van der Waals surface area contributed by atoms with Crippen LogP contribution in [0.25, 0.3) is 0 Å². The average molecular weight is 211 g/mol. The maximum absolute atomic E-state index is 11.5. The van der Waals surface area contributed by atoms with Crippen LogP contribution >= 0.6 is 0 Å². The highest BCUT2D eigenvalue weighted by Crippen LogP contribution is 2.19. The van der Waals surface area contributed by atoms with Crippen LogP contribution in [0.5, 0.6) is 0 Å². The topological polar surface area (TPSA) is 105 Å². The molecule has 5 N–H and O–H groups in total. The third-order valence-corrected chi connectivity index (χ3v) is 2.17. The first kappa shape index (κ1) is 9.78. The van der Waals surface area contributed by atoms with E-state index in [1.54, 1.807) is 7.11 Å². The number of ether oxygens (including phenoxy) is 1. The molecule has 7 heteroatoms. The van der Waals surface area contributed by atoms with Crippen molar-refractivity contribution in [2.75, 3.05) is 36.6 Å². The minimum Gasteiger partial charge on any atom is -0.382 e. The predicted molar refractivity (Wildman–Crippen MR) is 57.0 cm³/mol. The summed E-state index contributed by atoms with van der Waals surface area (Å²) in [6, 6.07) is 0.0639. The lowest BCUT2D eigenvalue weighted by atomic mass is 10.2. The molecule has 2 rings (SSSR count). The first-order valence-corrected chi connectivity index (χ1v) is 4.60. The van der Waals surface area contributed by atoms with Gasteiger partial charge in [0, 0.05) is 13.7 Å². The van der Waals surface area contributed by atoms with Gasteiger partial charge in [0.15, 0.2) is 5.82 Å². The van der Waals surface area contributed by atoms with E-state index in [4.69, 9.17) is 10.5 Å². The molecule has 0 radical (unpaired) electrons. The van der Waals surface area contributed by atoms with Crippen molar-refractivity contribution < 1.29 is 4.74 Å². The van der Waals surface area contributed by atoms with Crippen molar-refractivity contribution in [3.63, 3.8) is 0 Å². The number of nitrogens with two attached hydrogens (primary N) is 1. The van der Waals surface area contributed by atoms with Gasteiger partial charge in [0.25, 0.3) is 5.56 Å². The monoisotopic (exact) mass is 211 g/mol. The highest BCUT2D eigenvalue weighted by atomic mass is 16.5. The van der Waals surface area contributed by atoms with Crippen LogP contribution < -0.4 is 21.9 Å². The molecule has 0 bridgehead atoms. The SMILES string of the molecule is COCC1CNc2nc(N)[nH]c(=O)c2N1. The molecule has 0 aliphatic carbocycles. The Bertz CT molecular complexity index is 416. The van der Waals surface area contributed by atoms with Crippen LogP contribution in [0.1, 0.15) is 0 Å². The van der Waals surface area contributed by atoms with E-state index in [0.29, 0.717) is 24.7 Å². The number of anilines is 3. The number of nitrogens with one attached hydrogen (secondary N) is 3. The van der Waals surface area contributed by atoms with Crippen LogP contribution in [0, 0.1) is 0 Å². The van der Waals surface area contributed by atoms with Gasteiger partial charge < -0.3 is 21.1 Å². The molecular weight excluding hydrogens is 198 g/mol. The summed E-state index contributed by atoms with van der Waals surface area (Å²) >= 11 is 0. The molecule has 0 amide bonds. The van der Waals surface area contributed by atoms with Gasteiger partial charge >= 0.3 is 0 Å². The normalized spacial score (nSPS) is 18.9. The van der Waals surface area contributed by atoms with Crippen molar-refractivity contribution in [2.45, 2.75) is 6.04 Å². The Morgan fingerprint density at radius 1 is 1.67 bits per heavy atom. The standard InChI is InChI=1S/C8H13N5O2/c1-15-3-4-2-10-6-5(11-4)7(14)13-8(9)12-6/h4,11H,2-3H2,1H3,(H4,9,10,12,13,14). The van der Waals surface area contributed by atoms with Crippen molar-refractivity contribution in [1.29, 1.82) is 0 Å². The van der Waals surface area contributed by atoms with Crippen LogP contribution in [0.2, 0.25) is 0 Å². The number of hydrogen-bond donors (Lipinski definition) is 4. The van der Waals surface area contributed by atoms with Crippen LogP contribution in [-0.4, -0.2) is 36.3 Å². The van der Waals surface area contributed by atoms with E-state index >= 15 is 0 Å². The number of hydrogen-bond acceptors (Lipinski definition) is 6. The number of H-pyrrole nitrogens is 1. The zero-order valence-electron chi connectivity index (χ0n) is 8.33. The molecule has 7 nitrogen and oxygen atoms in total. The average Bonchev–Trinajstić information content (AvgIpc) is 2.19. The van der Waals surface area contributed by atoms with E-state index in [1.165, 1.54) is 0 Å². The second-order valence-electron chi connectivity index (χ2n) is 3.35. The Labute approximate surface area is 86.0 Å². The van der Waals surface area contributed by atoms with Gasteiger partial charge in [0.05, 0.1) is 12.6 Å². The molecule has 82 valence electrons. The lowest BCUT2D eigenvalue weighted by Crippen LogP contribution is -2.39. The second-order valence-corrected chi connectivity index (χ2v) is 3.35. The molecule has 0 saturated heterocycles. The smallest absolute Gasteiger partial charge is 0.277 e. The predicted octanol–water partition coefficient (Wildman–Crippen LogP) is -0.795. The molecule has 2 heterocycles. The van der Waals surface area contributed by atoms with Crippen LogP contribution in [0.15, 0.2) is 4.79 Å². The Morgan fingerprint density at radius 3 is 3.20 bits per heavy atom. The molecule has 0 saturated carbocycles. The van der Waals surface area contributed by atoms with Gasteiger partial charge in [-0.2, -0.15) is 4.98 Å². The maximum Gasteiger partial charge on any atom is 0.277 e. The quantitative estimate of drug-likeness (QED) is 0.510. The van der Waals surface area contributed by atoms with E-state index in [-0.39, 0.29) is 17.5 Å². The van der Waals surface area contributed by atoms with Crippen LogP contribution in [-0.2, 0) is 4.74 Å². The lowest BCUT2D eigenvalue weighted by Gasteiger charge is -2.26. The van der Waals surface area contributed by atoms with Gasteiger partial charge in [0.1, 0.15) is 5.69 Å². The third kappa shape index (κ3) is 1.86. The summed E-state index contributed by atoms with van der Waals surface area (Å²) in [6.45, 7) is 1.17. The van der Waals surface area contributed by atoms with E-state index in [9.17, 15) is 4.79 Å². The van der Waals surface area contributed by atoms with Crippen molar-refractivity contribution in [2.24, 2.45) is 0 Å². The van der Waals surface area contributed by atoms with Gasteiger partial charge in [-0.3, -0.25) is 9.78 Å². The fraction of sp³-hybridized carbons (Fsp3) is 0.500. The summed E-state index contributed by atoms with van der Waals surface area (Å²) in [7, 11) is 1.61.